The van der Waals surface area contributed by atoms with Gasteiger partial charge in [0.2, 0.25) is 6.29 Å². The molecule has 3 aliphatic rings. The molecule has 23 heavy (non-hydrogen) atoms. The van der Waals surface area contributed by atoms with Crippen molar-refractivity contribution < 1.29 is 14.6 Å². The fourth-order valence-electron chi connectivity index (χ4n) is 5.38. The molecule has 128 valence electrons. The van der Waals surface area contributed by atoms with Crippen molar-refractivity contribution in [2.45, 2.75) is 72.5 Å². The van der Waals surface area contributed by atoms with E-state index < -0.39 is 12.3 Å². The normalized spacial score (nSPS) is 43.5. The van der Waals surface area contributed by atoms with E-state index in [1.165, 1.54) is 31.8 Å². The minimum absolute atomic E-state index is 0.245. The van der Waals surface area contributed by atoms with Crippen molar-refractivity contribution in [3.8, 4) is 0 Å². The van der Waals surface area contributed by atoms with Gasteiger partial charge in [-0.05, 0) is 68.1 Å². The maximum absolute atomic E-state index is 11.3. The highest BCUT2D eigenvalue weighted by Crippen LogP contribution is 2.61. The number of hydrogen-bond donors (Lipinski definition) is 1. The zero-order valence-corrected chi connectivity index (χ0v) is 14.9. The number of esters is 1. The SMILES string of the molecule is CC1=CCC[C@@H]2[C@](C)(CCC3=CC(=O)O[C@@H]3O)[C@@H](C)CC[C@@]12C. The highest BCUT2D eigenvalue weighted by Gasteiger charge is 2.53. The van der Waals surface area contributed by atoms with Gasteiger partial charge in [0.15, 0.2) is 0 Å². The van der Waals surface area contributed by atoms with Gasteiger partial charge in [-0.15, -0.1) is 0 Å². The van der Waals surface area contributed by atoms with Gasteiger partial charge in [0.05, 0.1) is 0 Å². The molecule has 5 atom stereocenters. The van der Waals surface area contributed by atoms with Gasteiger partial charge in [0.25, 0.3) is 0 Å². The summed E-state index contributed by atoms with van der Waals surface area (Å²) in [5, 5.41) is 9.84. The van der Waals surface area contributed by atoms with Crippen molar-refractivity contribution in [3.63, 3.8) is 0 Å². The van der Waals surface area contributed by atoms with Gasteiger partial charge in [-0.3, -0.25) is 0 Å². The number of aliphatic hydroxyl groups excluding tert-OH is 1. The lowest BCUT2D eigenvalue weighted by atomic mass is 9.47. The van der Waals surface area contributed by atoms with Crippen molar-refractivity contribution in [1.82, 2.24) is 0 Å². The molecule has 0 saturated heterocycles. The molecule has 0 amide bonds. The van der Waals surface area contributed by atoms with E-state index >= 15 is 0 Å². The van der Waals surface area contributed by atoms with Crippen LogP contribution in [0.1, 0.15) is 66.2 Å². The van der Waals surface area contributed by atoms with E-state index in [9.17, 15) is 9.90 Å². The van der Waals surface area contributed by atoms with Gasteiger partial charge in [0.1, 0.15) is 0 Å². The minimum atomic E-state index is -1.02. The molecule has 1 N–H and O–H groups in total. The number of cyclic esters (lactones) is 1. The first-order valence-electron chi connectivity index (χ1n) is 9.04. The van der Waals surface area contributed by atoms with E-state index in [1.807, 2.05) is 0 Å². The van der Waals surface area contributed by atoms with Crippen LogP contribution in [0.5, 0.6) is 0 Å². The Balaban J connectivity index is 1.82. The second kappa shape index (κ2) is 5.77. The van der Waals surface area contributed by atoms with Crippen LogP contribution >= 0.6 is 0 Å². The summed E-state index contributed by atoms with van der Waals surface area (Å²) in [6, 6.07) is 0. The monoisotopic (exact) mass is 318 g/mol. The van der Waals surface area contributed by atoms with Crippen LogP contribution in [0.2, 0.25) is 0 Å². The summed E-state index contributed by atoms with van der Waals surface area (Å²) < 4.78 is 4.83. The summed E-state index contributed by atoms with van der Waals surface area (Å²) in [7, 11) is 0. The standard InChI is InChI=1S/C20H30O3/c1-13-6-5-7-16-19(13,3)10-8-14(2)20(16,4)11-9-15-12-17(21)23-18(15)22/h6,12,14,16,18,22H,5,7-11H2,1-4H3/t14-,16-,18-,19-,20+/m0/s1. The van der Waals surface area contributed by atoms with Gasteiger partial charge in [0, 0.05) is 11.6 Å². The van der Waals surface area contributed by atoms with E-state index in [0.717, 1.165) is 18.4 Å². The molecule has 0 bridgehead atoms. The Hall–Kier alpha value is -1.09. The Bertz CT molecular complexity index is 561. The molecule has 3 heteroatoms. The van der Waals surface area contributed by atoms with Crippen LogP contribution in [-0.4, -0.2) is 17.4 Å². The summed E-state index contributed by atoms with van der Waals surface area (Å²) in [5.74, 6) is 0.942. The van der Waals surface area contributed by atoms with E-state index in [0.29, 0.717) is 17.3 Å². The number of hydrogen-bond acceptors (Lipinski definition) is 3. The molecule has 3 nitrogen and oxygen atoms in total. The van der Waals surface area contributed by atoms with Crippen molar-refractivity contribution >= 4 is 5.97 Å². The van der Waals surface area contributed by atoms with Crippen LogP contribution < -0.4 is 0 Å². The van der Waals surface area contributed by atoms with E-state index in [2.05, 4.69) is 33.8 Å². The number of fused-ring (bicyclic) bond motifs is 1. The summed E-state index contributed by atoms with van der Waals surface area (Å²) in [6.07, 6.45) is 9.63. The zero-order valence-electron chi connectivity index (χ0n) is 14.9. The molecule has 0 aromatic rings. The first-order chi connectivity index (χ1) is 10.8. The average molecular weight is 318 g/mol. The van der Waals surface area contributed by atoms with Crippen molar-refractivity contribution in [3.05, 3.63) is 23.3 Å². The maximum Gasteiger partial charge on any atom is 0.333 e. The van der Waals surface area contributed by atoms with Crippen LogP contribution in [-0.2, 0) is 9.53 Å². The summed E-state index contributed by atoms with van der Waals surface area (Å²) in [5.41, 5.74) is 2.87. The zero-order chi connectivity index (χ0) is 16.8. The summed E-state index contributed by atoms with van der Waals surface area (Å²) >= 11 is 0. The third-order valence-electron chi connectivity index (χ3n) is 7.39. The maximum atomic E-state index is 11.3. The lowest BCUT2D eigenvalue weighted by molar-refractivity contribution is -0.151. The topological polar surface area (TPSA) is 46.5 Å². The molecule has 3 rings (SSSR count). The third kappa shape index (κ3) is 2.67. The predicted molar refractivity (Wildman–Crippen MR) is 90.5 cm³/mol. The number of ether oxygens (including phenoxy) is 1. The fourth-order valence-corrected chi connectivity index (χ4v) is 5.38. The molecule has 0 aromatic carbocycles. The first kappa shape index (κ1) is 16.8. The molecule has 0 unspecified atom stereocenters. The lowest BCUT2D eigenvalue weighted by Crippen LogP contribution is -2.49. The predicted octanol–water partition coefficient (Wildman–Crippen LogP) is 4.37. The van der Waals surface area contributed by atoms with E-state index in [-0.39, 0.29) is 5.41 Å². The Kier molecular flexibility index (Phi) is 4.20. The van der Waals surface area contributed by atoms with Crippen LogP contribution in [0.4, 0.5) is 0 Å². The third-order valence-corrected chi connectivity index (χ3v) is 7.39. The van der Waals surface area contributed by atoms with Gasteiger partial charge in [-0.25, -0.2) is 4.79 Å². The van der Waals surface area contributed by atoms with Crippen LogP contribution in [0.15, 0.2) is 23.3 Å². The molecule has 1 aliphatic heterocycles. The molecular formula is C20H30O3. The molecular weight excluding hydrogens is 288 g/mol. The lowest BCUT2D eigenvalue weighted by Gasteiger charge is -2.58. The minimum Gasteiger partial charge on any atom is -0.429 e. The molecule has 0 aromatic heterocycles. The smallest absolute Gasteiger partial charge is 0.333 e. The molecule has 2 aliphatic carbocycles. The Morgan fingerprint density at radius 2 is 2.09 bits per heavy atom. The molecule has 1 heterocycles. The first-order valence-corrected chi connectivity index (χ1v) is 9.04. The molecule has 0 spiro atoms. The van der Waals surface area contributed by atoms with E-state index in [4.69, 9.17) is 4.74 Å². The van der Waals surface area contributed by atoms with Gasteiger partial charge >= 0.3 is 5.97 Å². The Morgan fingerprint density at radius 1 is 1.35 bits per heavy atom. The molecule has 0 radical (unpaired) electrons. The fraction of sp³-hybridized carbons (Fsp3) is 0.750. The number of aliphatic hydroxyl groups is 1. The van der Waals surface area contributed by atoms with Gasteiger partial charge in [-0.2, -0.15) is 0 Å². The van der Waals surface area contributed by atoms with Crippen molar-refractivity contribution in [1.29, 1.82) is 0 Å². The second-order valence-corrected chi connectivity index (χ2v) is 8.39. The Labute approximate surface area is 139 Å². The van der Waals surface area contributed by atoms with Gasteiger partial charge < -0.3 is 9.84 Å². The summed E-state index contributed by atoms with van der Waals surface area (Å²) in [4.78, 5) is 11.3. The number of carbonyl (C=O) groups excluding carboxylic acids is 1. The largest absolute Gasteiger partial charge is 0.429 e. The number of carbonyl (C=O) groups is 1. The quantitative estimate of drug-likeness (QED) is 0.621. The van der Waals surface area contributed by atoms with Crippen LogP contribution in [0.3, 0.4) is 0 Å². The molecule has 1 fully saturated rings. The number of rotatable bonds is 3. The van der Waals surface area contributed by atoms with Crippen molar-refractivity contribution in [2.24, 2.45) is 22.7 Å². The number of allylic oxidation sites excluding steroid dienone is 2. The highest BCUT2D eigenvalue weighted by molar-refractivity contribution is 5.85. The second-order valence-electron chi connectivity index (χ2n) is 8.39. The molecule has 1 saturated carbocycles. The Morgan fingerprint density at radius 3 is 2.74 bits per heavy atom. The highest BCUT2D eigenvalue weighted by atomic mass is 16.6. The van der Waals surface area contributed by atoms with Crippen LogP contribution in [0, 0.1) is 22.7 Å². The summed E-state index contributed by atoms with van der Waals surface area (Å²) in [6.45, 7) is 9.57. The van der Waals surface area contributed by atoms with E-state index in [1.54, 1.807) is 5.57 Å². The van der Waals surface area contributed by atoms with Crippen LogP contribution in [0.25, 0.3) is 0 Å². The van der Waals surface area contributed by atoms with Crippen molar-refractivity contribution in [2.75, 3.05) is 0 Å². The van der Waals surface area contributed by atoms with Gasteiger partial charge in [-0.1, -0.05) is 32.4 Å². The average Bonchev–Trinajstić information content (AvgIpc) is 2.82.